The van der Waals surface area contributed by atoms with E-state index in [-0.39, 0.29) is 30.3 Å². The third-order valence-corrected chi connectivity index (χ3v) is 5.38. The lowest BCUT2D eigenvalue weighted by Gasteiger charge is -2.29. The van der Waals surface area contributed by atoms with Gasteiger partial charge < -0.3 is 24.5 Å². The maximum Gasteiger partial charge on any atom is 0.347 e. The second-order valence-corrected chi connectivity index (χ2v) is 7.37. The second-order valence-electron chi connectivity index (χ2n) is 7.37. The van der Waals surface area contributed by atoms with Crippen LogP contribution in [0, 0.1) is 0 Å². The van der Waals surface area contributed by atoms with Crippen molar-refractivity contribution in [3.05, 3.63) is 76.9 Å². The summed E-state index contributed by atoms with van der Waals surface area (Å²) >= 11 is 0. The average Bonchev–Trinajstić information content (AvgIpc) is 3.41. The van der Waals surface area contributed by atoms with E-state index in [1.165, 1.54) is 0 Å². The Hall–Kier alpha value is -4.47. The molecular weight excluding hydrogens is 440 g/mol. The Morgan fingerprint density at radius 1 is 1.29 bits per heavy atom. The number of fused-ring (bicyclic) bond motifs is 2. The molecule has 0 atom stereocenters. The summed E-state index contributed by atoms with van der Waals surface area (Å²) in [4.78, 5) is 47.8. The molecule has 10 nitrogen and oxygen atoms in total. The van der Waals surface area contributed by atoms with Crippen molar-refractivity contribution >= 4 is 35.3 Å². The zero-order chi connectivity index (χ0) is 24.1. The molecule has 0 spiro atoms. The number of aromatic nitrogens is 3. The van der Waals surface area contributed by atoms with Crippen LogP contribution in [0.2, 0.25) is 0 Å². The molecule has 0 fully saturated rings. The molecule has 0 bridgehead atoms. The highest BCUT2D eigenvalue weighted by molar-refractivity contribution is 6.26. The smallest absolute Gasteiger partial charge is 0.347 e. The maximum absolute atomic E-state index is 13.2. The number of Topliss-reactive ketones (excluding diaryl/α,β-unsaturated/α-hetero) is 1. The number of esters is 1. The van der Waals surface area contributed by atoms with Crippen LogP contribution in [0.15, 0.2) is 60.1 Å². The fourth-order valence-electron chi connectivity index (χ4n) is 3.89. The van der Waals surface area contributed by atoms with E-state index in [0.717, 1.165) is 28.6 Å². The molecule has 0 saturated heterocycles. The largest absolute Gasteiger partial charge is 0.483 e. The third kappa shape index (κ3) is 4.38. The van der Waals surface area contributed by atoms with Crippen molar-refractivity contribution in [2.45, 2.75) is 19.9 Å². The zero-order valence-electron chi connectivity index (χ0n) is 18.4. The number of ether oxygens (including phenoxy) is 2. The van der Waals surface area contributed by atoms with Crippen molar-refractivity contribution in [3.8, 4) is 0 Å². The van der Waals surface area contributed by atoms with E-state index < -0.39 is 11.8 Å². The number of nitrogens with one attached hydrogen (secondary N) is 1. The molecule has 0 aromatic carbocycles. The summed E-state index contributed by atoms with van der Waals surface area (Å²) in [6.07, 6.45) is 7.55. The number of H-pyrrole nitrogens is 1. The summed E-state index contributed by atoms with van der Waals surface area (Å²) < 4.78 is 11.1. The zero-order valence-corrected chi connectivity index (χ0v) is 18.4. The summed E-state index contributed by atoms with van der Waals surface area (Å²) in [5.74, 6) is -0.865. The van der Waals surface area contributed by atoms with Gasteiger partial charge in [0.05, 0.1) is 18.8 Å². The molecule has 3 aromatic rings. The van der Waals surface area contributed by atoms with Crippen LogP contribution >= 0.6 is 0 Å². The van der Waals surface area contributed by atoms with Crippen LogP contribution in [-0.2, 0) is 36.8 Å². The van der Waals surface area contributed by atoms with Gasteiger partial charge in [-0.15, -0.1) is 0 Å². The highest BCUT2D eigenvalue weighted by Crippen LogP contribution is 2.33. The Morgan fingerprint density at radius 2 is 2.06 bits per heavy atom. The van der Waals surface area contributed by atoms with Crippen molar-refractivity contribution < 1.29 is 29.0 Å². The van der Waals surface area contributed by atoms with Crippen molar-refractivity contribution in [2.24, 2.45) is 0 Å². The number of carbonyl (C=O) groups is 3. The van der Waals surface area contributed by atoms with Crippen LogP contribution in [0.5, 0.6) is 0 Å². The topological polar surface area (TPSA) is 135 Å². The molecule has 0 unspecified atom stereocenters. The van der Waals surface area contributed by atoms with Crippen molar-refractivity contribution in [3.63, 3.8) is 0 Å². The van der Waals surface area contributed by atoms with Crippen molar-refractivity contribution in [1.82, 2.24) is 19.9 Å². The third-order valence-electron chi connectivity index (χ3n) is 5.38. The van der Waals surface area contributed by atoms with E-state index in [1.54, 1.807) is 31.6 Å². The van der Waals surface area contributed by atoms with Gasteiger partial charge in [-0.1, -0.05) is 6.07 Å². The van der Waals surface area contributed by atoms with Gasteiger partial charge >= 0.3 is 5.97 Å². The average molecular weight is 462 g/mol. The summed E-state index contributed by atoms with van der Waals surface area (Å²) in [5, 5.41) is 7.74. The van der Waals surface area contributed by atoms with E-state index in [2.05, 4.69) is 15.0 Å². The minimum Gasteiger partial charge on any atom is -0.483 e. The lowest BCUT2D eigenvalue weighted by Crippen LogP contribution is -2.32. The van der Waals surface area contributed by atoms with Gasteiger partial charge in [-0.3, -0.25) is 14.6 Å². The van der Waals surface area contributed by atoms with Crippen molar-refractivity contribution in [2.75, 3.05) is 13.2 Å². The molecule has 2 N–H and O–H groups in total. The van der Waals surface area contributed by atoms with Gasteiger partial charge in [0.1, 0.15) is 5.65 Å². The number of hydrogen-bond acceptors (Lipinski definition) is 8. The monoisotopic (exact) mass is 462 g/mol. The molecule has 2 aliphatic heterocycles. The normalized spacial score (nSPS) is 16.1. The van der Waals surface area contributed by atoms with Gasteiger partial charge in [0.15, 0.2) is 11.3 Å². The maximum atomic E-state index is 13.2. The number of hydrogen-bond donors (Lipinski definition) is 2. The van der Waals surface area contributed by atoms with Crippen LogP contribution in [-0.4, -0.2) is 56.3 Å². The summed E-state index contributed by atoms with van der Waals surface area (Å²) in [7, 11) is 0. The molecule has 0 radical (unpaired) electrons. The van der Waals surface area contributed by atoms with Gasteiger partial charge in [-0.05, 0) is 43.2 Å². The van der Waals surface area contributed by atoms with E-state index >= 15 is 0 Å². The Bertz CT molecular complexity index is 1310. The lowest BCUT2D eigenvalue weighted by atomic mass is 10.0. The predicted molar refractivity (Wildman–Crippen MR) is 121 cm³/mol. The quantitative estimate of drug-likeness (QED) is 0.259. The Labute approximate surface area is 194 Å². The molecular formula is C24H22N4O6. The van der Waals surface area contributed by atoms with E-state index in [0.29, 0.717) is 18.7 Å². The summed E-state index contributed by atoms with van der Waals surface area (Å²) in [6, 6.07) is 7.67. The number of ketones is 1. The minimum absolute atomic E-state index is 0.0783. The van der Waals surface area contributed by atoms with Gasteiger partial charge in [0.2, 0.25) is 11.7 Å². The van der Waals surface area contributed by atoms with Crippen LogP contribution < -0.4 is 0 Å². The highest BCUT2D eigenvalue weighted by Gasteiger charge is 2.40. The number of aromatic amines is 1. The van der Waals surface area contributed by atoms with Crippen LogP contribution in [0.4, 0.5) is 0 Å². The Balaban J connectivity index is 0.000000868. The molecule has 3 aromatic heterocycles. The molecule has 174 valence electrons. The Morgan fingerprint density at radius 3 is 2.85 bits per heavy atom. The number of carboxylic acid groups (broad SMARTS) is 1. The minimum atomic E-state index is -0.682. The lowest BCUT2D eigenvalue weighted by molar-refractivity contribution is -0.139. The molecule has 5 rings (SSSR count). The molecule has 10 heteroatoms. The molecule has 0 aliphatic carbocycles. The molecule has 0 amide bonds. The van der Waals surface area contributed by atoms with Crippen LogP contribution in [0.3, 0.4) is 0 Å². The van der Waals surface area contributed by atoms with Gasteiger partial charge in [-0.2, -0.15) is 0 Å². The molecule has 5 heterocycles. The van der Waals surface area contributed by atoms with Crippen LogP contribution in [0.25, 0.3) is 17.1 Å². The SMILES string of the molecule is CCOC(=O)C1=C(N2CCc3cccnc3C2)OC(=Cc2c[nH]c3ncccc23)C1=O.O=CO. The van der Waals surface area contributed by atoms with E-state index in [9.17, 15) is 9.59 Å². The predicted octanol–water partition coefficient (Wildman–Crippen LogP) is 2.43. The fraction of sp³-hybridized carbons (Fsp3) is 0.208. The summed E-state index contributed by atoms with van der Waals surface area (Å²) in [5.41, 5.74) is 3.44. The van der Waals surface area contributed by atoms with Gasteiger partial charge in [0.25, 0.3) is 6.47 Å². The first-order valence-corrected chi connectivity index (χ1v) is 10.6. The standard InChI is InChI=1S/C23H20N4O4.CH2O2/c1-2-30-23(29)19-20(28)18(11-15-12-26-21-16(15)6-4-9-25-21)31-22(19)27-10-7-14-5-3-8-24-17(14)13-27;2-1-3/h3-6,8-9,11-12H,2,7,10,13H2,1H3,(H,25,26);1H,(H,2,3). The Kier molecular flexibility index (Phi) is 6.67. The first kappa shape index (κ1) is 22.7. The molecule has 34 heavy (non-hydrogen) atoms. The first-order chi connectivity index (χ1) is 16.6. The molecule has 0 saturated carbocycles. The number of carbonyl (C=O) groups excluding carboxylic acids is 2. The molecule has 2 aliphatic rings. The van der Waals surface area contributed by atoms with E-state index in [1.807, 2.05) is 29.2 Å². The van der Waals surface area contributed by atoms with Gasteiger partial charge in [-0.25, -0.2) is 9.78 Å². The number of rotatable bonds is 4. The number of nitrogens with zero attached hydrogens (tertiary/aromatic N) is 3. The van der Waals surface area contributed by atoms with E-state index in [4.69, 9.17) is 19.4 Å². The van der Waals surface area contributed by atoms with Crippen molar-refractivity contribution in [1.29, 1.82) is 0 Å². The van der Waals surface area contributed by atoms with Crippen LogP contribution in [0.1, 0.15) is 23.7 Å². The first-order valence-electron chi connectivity index (χ1n) is 10.6. The fourth-order valence-corrected chi connectivity index (χ4v) is 3.89. The summed E-state index contributed by atoms with van der Waals surface area (Å²) in [6.45, 7) is 2.68. The van der Waals surface area contributed by atoms with Gasteiger partial charge in [0, 0.05) is 36.1 Å². The second kappa shape index (κ2) is 9.99. The number of pyridine rings is 2. The number of allylic oxidation sites excluding steroid dienone is 1. The highest BCUT2D eigenvalue weighted by atomic mass is 16.5.